The molecule has 0 radical (unpaired) electrons. The Bertz CT molecular complexity index is 536. The Morgan fingerprint density at radius 3 is 2.89 bits per heavy atom. The largest absolute Gasteiger partial charge is 0.388 e. The van der Waals surface area contributed by atoms with Crippen LogP contribution in [-0.4, -0.2) is 14.7 Å². The van der Waals surface area contributed by atoms with Crippen LogP contribution in [0.1, 0.15) is 30.0 Å². The zero-order valence-corrected chi connectivity index (χ0v) is 11.4. The maximum absolute atomic E-state index is 10.2. The number of aliphatic hydroxyl groups excluding tert-OH is 1. The van der Waals surface area contributed by atoms with Crippen molar-refractivity contribution >= 4 is 11.6 Å². The van der Waals surface area contributed by atoms with Crippen molar-refractivity contribution in [2.45, 2.75) is 32.9 Å². The first-order valence-electron chi connectivity index (χ1n) is 6.06. The summed E-state index contributed by atoms with van der Waals surface area (Å²) in [6.45, 7) is 4.88. The molecule has 0 aliphatic carbocycles. The molecule has 0 amide bonds. The van der Waals surface area contributed by atoms with Crippen LogP contribution in [0.25, 0.3) is 0 Å². The fourth-order valence-corrected chi connectivity index (χ4v) is 2.36. The lowest BCUT2D eigenvalue weighted by atomic mass is 10.0. The van der Waals surface area contributed by atoms with Gasteiger partial charge in [-0.25, -0.2) is 4.98 Å². The monoisotopic (exact) mass is 264 g/mol. The zero-order chi connectivity index (χ0) is 13.1. The predicted molar refractivity (Wildman–Crippen MR) is 72.8 cm³/mol. The van der Waals surface area contributed by atoms with Crippen LogP contribution < -0.4 is 0 Å². The lowest BCUT2D eigenvalue weighted by Crippen LogP contribution is -2.08. The topological polar surface area (TPSA) is 38.0 Å². The van der Waals surface area contributed by atoms with Crippen LogP contribution in [0.4, 0.5) is 0 Å². The molecule has 0 spiro atoms. The van der Waals surface area contributed by atoms with Gasteiger partial charge in [-0.2, -0.15) is 0 Å². The van der Waals surface area contributed by atoms with Crippen LogP contribution in [0.3, 0.4) is 0 Å². The molecule has 2 rings (SSSR count). The van der Waals surface area contributed by atoms with Crippen LogP contribution in [0, 0.1) is 6.92 Å². The number of halogens is 1. The Balaban J connectivity index is 2.19. The molecule has 1 atom stereocenters. The number of aromatic nitrogens is 2. The molecule has 3 nitrogen and oxygen atoms in total. The molecular weight excluding hydrogens is 248 g/mol. The first-order valence-corrected chi connectivity index (χ1v) is 6.43. The molecule has 18 heavy (non-hydrogen) atoms. The third kappa shape index (κ3) is 2.74. The number of nitrogens with zero attached hydrogens (tertiary/aromatic N) is 2. The summed E-state index contributed by atoms with van der Waals surface area (Å²) in [6, 6.07) is 5.70. The number of rotatable bonds is 4. The van der Waals surface area contributed by atoms with Crippen LogP contribution in [0.2, 0.25) is 5.02 Å². The number of hydrogen-bond acceptors (Lipinski definition) is 2. The molecule has 0 bridgehead atoms. The minimum Gasteiger partial charge on any atom is -0.388 e. The average Bonchev–Trinajstić information content (AvgIpc) is 2.76. The second-order valence-electron chi connectivity index (χ2n) is 4.37. The van der Waals surface area contributed by atoms with E-state index in [-0.39, 0.29) is 0 Å². The van der Waals surface area contributed by atoms with Crippen LogP contribution >= 0.6 is 11.6 Å². The molecular formula is C14H17ClN2O. The molecule has 96 valence electrons. The summed E-state index contributed by atoms with van der Waals surface area (Å²) < 4.78 is 2.02. The van der Waals surface area contributed by atoms with E-state index in [1.165, 1.54) is 0 Å². The SMILES string of the molecule is CCn1ccnc1CC(O)c1ccc(C)cc1Cl. The van der Waals surface area contributed by atoms with Gasteiger partial charge in [0.25, 0.3) is 0 Å². The highest BCUT2D eigenvalue weighted by Crippen LogP contribution is 2.26. The molecule has 0 aliphatic heterocycles. The van der Waals surface area contributed by atoms with Gasteiger partial charge < -0.3 is 9.67 Å². The van der Waals surface area contributed by atoms with Crippen LogP contribution in [0.15, 0.2) is 30.6 Å². The number of benzene rings is 1. The second-order valence-corrected chi connectivity index (χ2v) is 4.78. The Morgan fingerprint density at radius 1 is 1.44 bits per heavy atom. The Morgan fingerprint density at radius 2 is 2.22 bits per heavy atom. The van der Waals surface area contributed by atoms with E-state index in [0.717, 1.165) is 23.5 Å². The number of aliphatic hydroxyl groups is 1. The van der Waals surface area contributed by atoms with Gasteiger partial charge in [-0.3, -0.25) is 0 Å². The van der Waals surface area contributed by atoms with E-state index in [9.17, 15) is 5.11 Å². The normalized spacial score (nSPS) is 12.7. The van der Waals surface area contributed by atoms with E-state index in [1.807, 2.05) is 35.9 Å². The van der Waals surface area contributed by atoms with Crippen molar-refractivity contribution in [3.8, 4) is 0 Å². The Kier molecular flexibility index (Phi) is 4.04. The first kappa shape index (κ1) is 13.1. The maximum Gasteiger partial charge on any atom is 0.111 e. The maximum atomic E-state index is 10.2. The van der Waals surface area contributed by atoms with E-state index < -0.39 is 6.10 Å². The average molecular weight is 265 g/mol. The van der Waals surface area contributed by atoms with E-state index >= 15 is 0 Å². The van der Waals surface area contributed by atoms with Crippen molar-refractivity contribution in [1.82, 2.24) is 9.55 Å². The summed E-state index contributed by atoms with van der Waals surface area (Å²) in [5.74, 6) is 0.877. The van der Waals surface area contributed by atoms with E-state index in [2.05, 4.69) is 11.9 Å². The highest BCUT2D eigenvalue weighted by molar-refractivity contribution is 6.31. The quantitative estimate of drug-likeness (QED) is 0.921. The Hall–Kier alpha value is -1.32. The summed E-state index contributed by atoms with van der Waals surface area (Å²) in [6.07, 6.45) is 3.52. The highest BCUT2D eigenvalue weighted by Gasteiger charge is 2.14. The summed E-state index contributed by atoms with van der Waals surface area (Å²) in [7, 11) is 0. The van der Waals surface area contributed by atoms with Crippen LogP contribution in [-0.2, 0) is 13.0 Å². The molecule has 1 aromatic heterocycles. The lowest BCUT2D eigenvalue weighted by molar-refractivity contribution is 0.174. The standard InChI is InChI=1S/C14H17ClN2O/c1-3-17-7-6-16-14(17)9-13(18)11-5-4-10(2)8-12(11)15/h4-8,13,18H,3,9H2,1-2H3. The van der Waals surface area contributed by atoms with Gasteiger partial charge in [0.1, 0.15) is 5.82 Å². The van der Waals surface area contributed by atoms with Gasteiger partial charge in [0.2, 0.25) is 0 Å². The molecule has 1 N–H and O–H groups in total. The van der Waals surface area contributed by atoms with Gasteiger partial charge in [-0.05, 0) is 31.0 Å². The van der Waals surface area contributed by atoms with Crippen molar-refractivity contribution < 1.29 is 5.11 Å². The summed E-state index contributed by atoms with van der Waals surface area (Å²) in [5, 5.41) is 10.9. The predicted octanol–water partition coefficient (Wildman–Crippen LogP) is 3.14. The van der Waals surface area contributed by atoms with Gasteiger partial charge >= 0.3 is 0 Å². The summed E-state index contributed by atoms with van der Waals surface area (Å²) in [5.41, 5.74) is 1.85. The zero-order valence-electron chi connectivity index (χ0n) is 10.6. The van der Waals surface area contributed by atoms with Gasteiger partial charge in [0.15, 0.2) is 0 Å². The molecule has 1 unspecified atom stereocenters. The Labute approximate surface area is 112 Å². The molecule has 0 fully saturated rings. The van der Waals surface area contributed by atoms with Crippen molar-refractivity contribution in [1.29, 1.82) is 0 Å². The lowest BCUT2D eigenvalue weighted by Gasteiger charge is -2.13. The van der Waals surface area contributed by atoms with E-state index in [1.54, 1.807) is 6.20 Å². The second kappa shape index (κ2) is 5.55. The summed E-state index contributed by atoms with van der Waals surface area (Å²) >= 11 is 6.15. The molecule has 0 aliphatic rings. The highest BCUT2D eigenvalue weighted by atomic mass is 35.5. The van der Waals surface area contributed by atoms with Crippen molar-refractivity contribution in [2.75, 3.05) is 0 Å². The van der Waals surface area contributed by atoms with Crippen LogP contribution in [0.5, 0.6) is 0 Å². The molecule has 1 heterocycles. The van der Waals surface area contributed by atoms with E-state index in [0.29, 0.717) is 11.4 Å². The van der Waals surface area contributed by atoms with Crippen molar-refractivity contribution in [3.05, 3.63) is 52.6 Å². The summed E-state index contributed by atoms with van der Waals surface area (Å²) in [4.78, 5) is 4.26. The van der Waals surface area contributed by atoms with Crippen molar-refractivity contribution in [2.24, 2.45) is 0 Å². The number of hydrogen-bond donors (Lipinski definition) is 1. The smallest absolute Gasteiger partial charge is 0.111 e. The third-order valence-corrected chi connectivity index (χ3v) is 3.36. The number of aryl methyl sites for hydroxylation is 2. The van der Waals surface area contributed by atoms with Crippen molar-refractivity contribution in [3.63, 3.8) is 0 Å². The number of imidazole rings is 1. The van der Waals surface area contributed by atoms with E-state index in [4.69, 9.17) is 11.6 Å². The van der Waals surface area contributed by atoms with Gasteiger partial charge in [-0.15, -0.1) is 0 Å². The fourth-order valence-electron chi connectivity index (χ4n) is 2.00. The third-order valence-electron chi connectivity index (χ3n) is 3.03. The van der Waals surface area contributed by atoms with Gasteiger partial charge in [0, 0.05) is 30.4 Å². The first-order chi connectivity index (χ1) is 8.61. The molecule has 0 saturated carbocycles. The molecule has 2 aromatic rings. The molecule has 1 aromatic carbocycles. The van der Waals surface area contributed by atoms with Gasteiger partial charge in [-0.1, -0.05) is 23.7 Å². The fraction of sp³-hybridized carbons (Fsp3) is 0.357. The molecule has 4 heteroatoms. The molecule has 0 saturated heterocycles. The van der Waals surface area contributed by atoms with Gasteiger partial charge in [0.05, 0.1) is 6.10 Å². The minimum absolute atomic E-state index is 0.476. The minimum atomic E-state index is -0.620.